The molecule has 0 bridgehead atoms. The number of allylic oxidation sites excluding steroid dienone is 1. The van der Waals surface area contributed by atoms with Crippen molar-refractivity contribution >= 4 is 35.3 Å². The molecule has 1 unspecified atom stereocenters. The summed E-state index contributed by atoms with van der Waals surface area (Å²) in [6.07, 6.45) is 3.00. The van der Waals surface area contributed by atoms with Gasteiger partial charge in [0.2, 0.25) is 0 Å². The zero-order chi connectivity index (χ0) is 22.5. The molecule has 1 N–H and O–H groups in total. The van der Waals surface area contributed by atoms with E-state index in [2.05, 4.69) is 14.9 Å². The largest absolute Gasteiger partial charge is 0.454 e. The Morgan fingerprint density at radius 1 is 1.19 bits per heavy atom. The minimum Gasteiger partial charge on any atom is -0.454 e. The van der Waals surface area contributed by atoms with Crippen LogP contribution >= 0.6 is 11.6 Å². The predicted octanol–water partition coefficient (Wildman–Crippen LogP) is 3.72. The topological polar surface area (TPSA) is 102 Å². The van der Waals surface area contributed by atoms with Gasteiger partial charge in [0, 0.05) is 35.7 Å². The van der Waals surface area contributed by atoms with Crippen LogP contribution in [-0.4, -0.2) is 41.3 Å². The van der Waals surface area contributed by atoms with Gasteiger partial charge in [0.15, 0.2) is 6.61 Å². The Balaban J connectivity index is 2.12. The summed E-state index contributed by atoms with van der Waals surface area (Å²) >= 11 is 6.50. The van der Waals surface area contributed by atoms with Gasteiger partial charge in [-0.25, -0.2) is 9.59 Å². The Labute approximate surface area is 185 Å². The van der Waals surface area contributed by atoms with Gasteiger partial charge in [-0.05, 0) is 25.0 Å². The average molecular weight is 446 g/mol. The maximum Gasteiger partial charge on any atom is 0.352 e. The van der Waals surface area contributed by atoms with Crippen LogP contribution in [-0.2, 0) is 23.9 Å². The number of aromatic amines is 1. The molecule has 1 aromatic heterocycles. The number of carbonyl (C=O) groups is 3. The summed E-state index contributed by atoms with van der Waals surface area (Å²) in [4.78, 5) is 38.4. The molecule has 0 amide bonds. The molecule has 1 atom stereocenters. The molecule has 164 valence electrons. The monoisotopic (exact) mass is 445 g/mol. The van der Waals surface area contributed by atoms with Gasteiger partial charge in [0.1, 0.15) is 5.82 Å². The van der Waals surface area contributed by atoms with Gasteiger partial charge < -0.3 is 14.4 Å². The highest BCUT2D eigenvalue weighted by molar-refractivity contribution is 6.31. The quantitative estimate of drug-likeness (QED) is 0.511. The molecule has 1 aromatic carbocycles. The molecule has 31 heavy (non-hydrogen) atoms. The third-order valence-electron chi connectivity index (χ3n) is 4.99. The number of fused-ring (bicyclic) bond motifs is 1. The van der Waals surface area contributed by atoms with Crippen molar-refractivity contribution in [2.24, 2.45) is 0 Å². The SMILES string of the molecule is CCCC1=C(C(=O)OC(=O)COC(C)=O)C(c2ccccc2Cl)c2cn[nH]c2N1CC. The van der Waals surface area contributed by atoms with E-state index in [1.807, 2.05) is 30.9 Å². The van der Waals surface area contributed by atoms with Crippen molar-refractivity contribution in [1.82, 2.24) is 10.2 Å². The fourth-order valence-electron chi connectivity index (χ4n) is 3.79. The number of anilines is 1. The van der Waals surface area contributed by atoms with Gasteiger partial charge in [0.05, 0.1) is 11.8 Å². The van der Waals surface area contributed by atoms with Crippen LogP contribution in [0.1, 0.15) is 50.7 Å². The van der Waals surface area contributed by atoms with E-state index in [1.165, 1.54) is 6.92 Å². The first-order valence-electron chi connectivity index (χ1n) is 10.1. The van der Waals surface area contributed by atoms with Crippen LogP contribution in [0.25, 0.3) is 0 Å². The minimum absolute atomic E-state index is 0.321. The number of nitrogens with one attached hydrogen (secondary N) is 1. The zero-order valence-electron chi connectivity index (χ0n) is 17.6. The molecule has 1 aliphatic rings. The van der Waals surface area contributed by atoms with E-state index in [4.69, 9.17) is 16.3 Å². The highest BCUT2D eigenvalue weighted by Gasteiger charge is 2.40. The number of nitrogens with zero attached hydrogens (tertiary/aromatic N) is 2. The van der Waals surface area contributed by atoms with Crippen molar-refractivity contribution in [3.63, 3.8) is 0 Å². The molecule has 0 fully saturated rings. The molecular weight excluding hydrogens is 422 g/mol. The molecular formula is C22H24ClN3O5. The second-order valence-electron chi connectivity index (χ2n) is 7.02. The number of benzene rings is 1. The van der Waals surface area contributed by atoms with E-state index in [0.29, 0.717) is 29.1 Å². The van der Waals surface area contributed by atoms with Crippen LogP contribution in [0.2, 0.25) is 5.02 Å². The van der Waals surface area contributed by atoms with E-state index >= 15 is 0 Å². The van der Waals surface area contributed by atoms with E-state index in [1.54, 1.807) is 18.3 Å². The summed E-state index contributed by atoms with van der Waals surface area (Å²) < 4.78 is 9.73. The van der Waals surface area contributed by atoms with Crippen molar-refractivity contribution < 1.29 is 23.9 Å². The number of hydrogen-bond acceptors (Lipinski definition) is 7. The van der Waals surface area contributed by atoms with Crippen molar-refractivity contribution in [3.8, 4) is 0 Å². The Bertz CT molecular complexity index is 1030. The number of halogens is 1. The van der Waals surface area contributed by atoms with Crippen LogP contribution in [0.15, 0.2) is 41.7 Å². The third kappa shape index (κ3) is 4.64. The molecule has 0 radical (unpaired) electrons. The summed E-state index contributed by atoms with van der Waals surface area (Å²) in [5.74, 6) is -2.17. The molecule has 0 aliphatic carbocycles. The Kier molecular flexibility index (Phi) is 7.12. The second-order valence-corrected chi connectivity index (χ2v) is 7.43. The number of hydrogen-bond donors (Lipinski definition) is 1. The molecule has 0 saturated carbocycles. The molecule has 9 heteroatoms. The number of carbonyl (C=O) groups excluding carboxylic acids is 3. The molecule has 0 spiro atoms. The lowest BCUT2D eigenvalue weighted by Gasteiger charge is -2.36. The smallest absolute Gasteiger partial charge is 0.352 e. The Hall–Kier alpha value is -3.13. The lowest BCUT2D eigenvalue weighted by atomic mass is 9.81. The predicted molar refractivity (Wildman–Crippen MR) is 115 cm³/mol. The van der Waals surface area contributed by atoms with E-state index in [0.717, 1.165) is 23.5 Å². The van der Waals surface area contributed by atoms with Crippen molar-refractivity contribution in [1.29, 1.82) is 0 Å². The zero-order valence-corrected chi connectivity index (χ0v) is 18.4. The van der Waals surface area contributed by atoms with Crippen molar-refractivity contribution in [2.75, 3.05) is 18.1 Å². The highest BCUT2D eigenvalue weighted by Crippen LogP contribution is 2.46. The fourth-order valence-corrected chi connectivity index (χ4v) is 4.04. The van der Waals surface area contributed by atoms with Gasteiger partial charge in [-0.3, -0.25) is 9.89 Å². The minimum atomic E-state index is -0.942. The van der Waals surface area contributed by atoms with Crippen LogP contribution in [0.5, 0.6) is 0 Å². The first-order chi connectivity index (χ1) is 14.9. The number of aromatic nitrogens is 2. The summed E-state index contributed by atoms with van der Waals surface area (Å²) in [7, 11) is 0. The second kappa shape index (κ2) is 9.78. The average Bonchev–Trinajstić information content (AvgIpc) is 3.21. The number of ether oxygens (including phenoxy) is 2. The molecule has 2 aromatic rings. The lowest BCUT2D eigenvalue weighted by molar-refractivity contribution is -0.164. The first-order valence-corrected chi connectivity index (χ1v) is 10.4. The Morgan fingerprint density at radius 3 is 2.58 bits per heavy atom. The standard InChI is InChI=1S/C22H24ClN3O5/c1-4-8-17-20(22(29)31-18(28)12-30-13(3)27)19(14-9-6-7-10-16(14)23)15-11-24-25-21(15)26(17)5-2/h6-7,9-11,19H,4-5,8,12H2,1-3H3,(H,24,25). The van der Waals surface area contributed by atoms with E-state index in [9.17, 15) is 14.4 Å². The molecule has 2 heterocycles. The van der Waals surface area contributed by atoms with Crippen LogP contribution in [0.4, 0.5) is 5.82 Å². The molecule has 1 aliphatic heterocycles. The maximum atomic E-state index is 13.3. The van der Waals surface area contributed by atoms with Crippen LogP contribution in [0, 0.1) is 0 Å². The number of H-pyrrole nitrogens is 1. The molecule has 0 saturated heterocycles. The number of esters is 3. The van der Waals surface area contributed by atoms with Gasteiger partial charge in [-0.2, -0.15) is 5.10 Å². The van der Waals surface area contributed by atoms with Gasteiger partial charge in [-0.1, -0.05) is 43.1 Å². The fraction of sp³-hybridized carbons (Fsp3) is 0.364. The van der Waals surface area contributed by atoms with Gasteiger partial charge in [0.25, 0.3) is 0 Å². The number of rotatable bonds is 7. The van der Waals surface area contributed by atoms with Crippen molar-refractivity contribution in [3.05, 3.63) is 57.9 Å². The van der Waals surface area contributed by atoms with Crippen LogP contribution < -0.4 is 4.90 Å². The maximum absolute atomic E-state index is 13.3. The van der Waals surface area contributed by atoms with Crippen LogP contribution in [0.3, 0.4) is 0 Å². The Morgan fingerprint density at radius 2 is 1.94 bits per heavy atom. The van der Waals surface area contributed by atoms with Gasteiger partial charge >= 0.3 is 17.9 Å². The molecule has 8 nitrogen and oxygen atoms in total. The highest BCUT2D eigenvalue weighted by atomic mass is 35.5. The van der Waals surface area contributed by atoms with Crippen molar-refractivity contribution in [2.45, 2.75) is 39.5 Å². The summed E-state index contributed by atoms with van der Waals surface area (Å²) in [5, 5.41) is 7.70. The van der Waals surface area contributed by atoms with Gasteiger partial charge in [-0.15, -0.1) is 0 Å². The summed E-state index contributed by atoms with van der Waals surface area (Å²) in [6.45, 7) is 5.08. The van der Waals surface area contributed by atoms with E-state index in [-0.39, 0.29) is 0 Å². The first kappa shape index (κ1) is 22.6. The summed E-state index contributed by atoms with van der Waals surface area (Å²) in [5.41, 5.74) is 2.52. The van der Waals surface area contributed by atoms with E-state index < -0.39 is 30.4 Å². The third-order valence-corrected chi connectivity index (χ3v) is 5.34. The normalized spacial score (nSPS) is 15.5. The summed E-state index contributed by atoms with van der Waals surface area (Å²) in [6, 6.07) is 7.22. The lowest BCUT2D eigenvalue weighted by Crippen LogP contribution is -2.34. The molecule has 3 rings (SSSR count).